The first-order valence-electron chi connectivity index (χ1n) is 12.1. The second kappa shape index (κ2) is 11.5. The normalized spacial score (nSPS) is 11.5. The van der Waals surface area contributed by atoms with E-state index >= 15 is 0 Å². The fourth-order valence-corrected chi connectivity index (χ4v) is 4.34. The standard InChI is InChI=1S/C30H29N3O4/c1-20-12-13-26(34)33(19-20)29(23-10-5-4-6-11-23)30(36)32-15-14-27(35)37-25-16-24(17-31-18-25)28-21(2)8-7-9-22(28)3/h4-13,16-19,29H,14-15H2,1-3H3,(H,32,36). The smallest absolute Gasteiger partial charge is 0.313 e. The molecule has 7 nitrogen and oxygen atoms in total. The number of aromatic nitrogens is 2. The van der Waals surface area contributed by atoms with Crippen molar-refractivity contribution in [3.8, 4) is 16.9 Å². The van der Waals surface area contributed by atoms with Gasteiger partial charge in [-0.05, 0) is 54.7 Å². The molecular formula is C30H29N3O4. The number of nitrogens with zero attached hydrogens (tertiary/aromatic N) is 2. The number of pyridine rings is 2. The second-order valence-corrected chi connectivity index (χ2v) is 8.96. The molecule has 4 aromatic rings. The highest BCUT2D eigenvalue weighted by Gasteiger charge is 2.23. The summed E-state index contributed by atoms with van der Waals surface area (Å²) in [7, 11) is 0. The van der Waals surface area contributed by atoms with Crippen molar-refractivity contribution in [1.82, 2.24) is 14.9 Å². The molecule has 188 valence electrons. The van der Waals surface area contributed by atoms with E-state index in [1.165, 1.54) is 16.8 Å². The molecule has 2 aromatic heterocycles. The molecule has 0 saturated heterocycles. The predicted octanol–water partition coefficient (Wildman–Crippen LogP) is 4.54. The lowest BCUT2D eigenvalue weighted by atomic mass is 9.97. The topological polar surface area (TPSA) is 90.3 Å². The van der Waals surface area contributed by atoms with Gasteiger partial charge in [0.25, 0.3) is 5.56 Å². The Morgan fingerprint density at radius 3 is 2.41 bits per heavy atom. The zero-order chi connectivity index (χ0) is 26.4. The first-order valence-corrected chi connectivity index (χ1v) is 12.1. The Kier molecular flexibility index (Phi) is 7.93. The van der Waals surface area contributed by atoms with Crippen LogP contribution in [0.15, 0.2) is 90.1 Å². The Hall–Kier alpha value is -4.52. The average Bonchev–Trinajstić information content (AvgIpc) is 2.87. The largest absolute Gasteiger partial charge is 0.425 e. The Morgan fingerprint density at radius 2 is 1.68 bits per heavy atom. The zero-order valence-corrected chi connectivity index (χ0v) is 21.1. The maximum atomic E-state index is 13.2. The number of amides is 1. The first-order chi connectivity index (χ1) is 17.8. The van der Waals surface area contributed by atoms with Gasteiger partial charge in [-0.2, -0.15) is 0 Å². The number of ether oxygens (including phenoxy) is 1. The predicted molar refractivity (Wildman–Crippen MR) is 142 cm³/mol. The van der Waals surface area contributed by atoms with E-state index in [1.807, 2.05) is 57.2 Å². The van der Waals surface area contributed by atoms with Crippen molar-refractivity contribution in [2.24, 2.45) is 0 Å². The monoisotopic (exact) mass is 495 g/mol. The molecule has 7 heteroatoms. The van der Waals surface area contributed by atoms with Crippen molar-refractivity contribution in [1.29, 1.82) is 0 Å². The summed E-state index contributed by atoms with van der Waals surface area (Å²) in [6.45, 7) is 5.97. The minimum atomic E-state index is -0.858. The average molecular weight is 496 g/mol. The van der Waals surface area contributed by atoms with Crippen molar-refractivity contribution < 1.29 is 14.3 Å². The van der Waals surface area contributed by atoms with E-state index in [-0.39, 0.29) is 24.4 Å². The highest BCUT2D eigenvalue weighted by molar-refractivity contribution is 5.84. The minimum Gasteiger partial charge on any atom is -0.425 e. The lowest BCUT2D eigenvalue weighted by molar-refractivity contribution is -0.134. The van der Waals surface area contributed by atoms with E-state index < -0.39 is 12.0 Å². The Morgan fingerprint density at radius 1 is 0.946 bits per heavy atom. The van der Waals surface area contributed by atoms with Crippen LogP contribution in [0.2, 0.25) is 0 Å². The number of hydrogen-bond acceptors (Lipinski definition) is 5. The number of nitrogens with one attached hydrogen (secondary N) is 1. The molecule has 0 fully saturated rings. The van der Waals surface area contributed by atoms with Gasteiger partial charge in [0.2, 0.25) is 5.91 Å². The van der Waals surface area contributed by atoms with Crippen molar-refractivity contribution in [3.63, 3.8) is 0 Å². The lowest BCUT2D eigenvalue weighted by Gasteiger charge is -2.20. The third-order valence-electron chi connectivity index (χ3n) is 6.07. The molecule has 0 radical (unpaired) electrons. The summed E-state index contributed by atoms with van der Waals surface area (Å²) >= 11 is 0. The van der Waals surface area contributed by atoms with Gasteiger partial charge in [-0.15, -0.1) is 0 Å². The molecule has 0 aliphatic rings. The molecule has 0 aliphatic heterocycles. The highest BCUT2D eigenvalue weighted by atomic mass is 16.5. The summed E-state index contributed by atoms with van der Waals surface area (Å²) in [5, 5.41) is 2.78. The third kappa shape index (κ3) is 6.19. The van der Waals surface area contributed by atoms with Crippen LogP contribution in [-0.4, -0.2) is 28.0 Å². The van der Waals surface area contributed by atoms with Crippen molar-refractivity contribution in [2.75, 3.05) is 6.54 Å². The van der Waals surface area contributed by atoms with E-state index in [1.54, 1.807) is 36.7 Å². The molecule has 1 N–H and O–H groups in total. The molecule has 0 spiro atoms. The molecule has 0 bridgehead atoms. The van der Waals surface area contributed by atoms with Gasteiger partial charge in [0, 0.05) is 30.6 Å². The summed E-state index contributed by atoms with van der Waals surface area (Å²) in [5.41, 5.74) is 5.37. The molecule has 1 atom stereocenters. The number of aryl methyl sites for hydroxylation is 3. The number of benzene rings is 2. The Bertz CT molecular complexity index is 1460. The Labute approximate surface area is 215 Å². The van der Waals surface area contributed by atoms with Gasteiger partial charge in [0.15, 0.2) is 0 Å². The fraction of sp³-hybridized carbons (Fsp3) is 0.200. The van der Waals surface area contributed by atoms with Gasteiger partial charge in [-0.1, -0.05) is 54.6 Å². The van der Waals surface area contributed by atoms with Gasteiger partial charge in [-0.3, -0.25) is 23.9 Å². The summed E-state index contributed by atoms with van der Waals surface area (Å²) < 4.78 is 6.90. The molecule has 2 aromatic carbocycles. The van der Waals surface area contributed by atoms with Crippen LogP contribution in [-0.2, 0) is 9.59 Å². The van der Waals surface area contributed by atoms with Gasteiger partial charge < -0.3 is 10.1 Å². The second-order valence-electron chi connectivity index (χ2n) is 8.96. The van der Waals surface area contributed by atoms with Gasteiger partial charge >= 0.3 is 5.97 Å². The van der Waals surface area contributed by atoms with Crippen LogP contribution in [0, 0.1) is 20.8 Å². The maximum absolute atomic E-state index is 13.2. The molecule has 2 heterocycles. The van der Waals surface area contributed by atoms with Crippen molar-refractivity contribution in [2.45, 2.75) is 33.2 Å². The van der Waals surface area contributed by atoms with E-state index in [0.717, 1.165) is 27.8 Å². The van der Waals surface area contributed by atoms with E-state index in [2.05, 4.69) is 10.3 Å². The number of hydrogen-bond donors (Lipinski definition) is 1. The molecule has 4 rings (SSSR count). The SMILES string of the molecule is Cc1ccc(=O)n(C(C(=O)NCCC(=O)Oc2cncc(-c3c(C)cccc3C)c2)c2ccccc2)c1. The summed E-state index contributed by atoms with van der Waals surface area (Å²) in [4.78, 5) is 42.5. The number of carbonyl (C=O) groups excluding carboxylic acids is 2. The number of esters is 1. The van der Waals surface area contributed by atoms with Crippen LogP contribution < -0.4 is 15.6 Å². The maximum Gasteiger partial charge on any atom is 0.313 e. The van der Waals surface area contributed by atoms with Crippen molar-refractivity contribution in [3.05, 3.63) is 118 Å². The fourth-order valence-electron chi connectivity index (χ4n) is 4.34. The van der Waals surface area contributed by atoms with Gasteiger partial charge in [0.1, 0.15) is 11.8 Å². The van der Waals surface area contributed by atoms with Crippen molar-refractivity contribution >= 4 is 11.9 Å². The quantitative estimate of drug-likeness (QED) is 0.363. The molecule has 1 unspecified atom stereocenters. The summed E-state index contributed by atoms with van der Waals surface area (Å²) in [5.74, 6) is -0.542. The van der Waals surface area contributed by atoms with E-state index in [0.29, 0.717) is 11.3 Å². The van der Waals surface area contributed by atoms with E-state index in [9.17, 15) is 14.4 Å². The molecule has 0 aliphatic carbocycles. The van der Waals surface area contributed by atoms with Crippen LogP contribution in [0.4, 0.5) is 0 Å². The molecule has 37 heavy (non-hydrogen) atoms. The summed E-state index contributed by atoms with van der Waals surface area (Å²) in [6, 6.07) is 19.2. The number of rotatable bonds is 8. The van der Waals surface area contributed by atoms with Crippen LogP contribution in [0.3, 0.4) is 0 Å². The Balaban J connectivity index is 1.42. The summed E-state index contributed by atoms with van der Waals surface area (Å²) in [6.07, 6.45) is 4.85. The zero-order valence-electron chi connectivity index (χ0n) is 21.1. The van der Waals surface area contributed by atoms with Crippen LogP contribution in [0.5, 0.6) is 5.75 Å². The molecular weight excluding hydrogens is 466 g/mol. The van der Waals surface area contributed by atoms with Gasteiger partial charge in [0.05, 0.1) is 12.6 Å². The lowest BCUT2D eigenvalue weighted by Crippen LogP contribution is -2.38. The van der Waals surface area contributed by atoms with Crippen LogP contribution in [0.25, 0.3) is 11.1 Å². The van der Waals surface area contributed by atoms with Crippen LogP contribution >= 0.6 is 0 Å². The highest BCUT2D eigenvalue weighted by Crippen LogP contribution is 2.29. The minimum absolute atomic E-state index is 0.0381. The number of carbonyl (C=O) groups is 2. The van der Waals surface area contributed by atoms with E-state index in [4.69, 9.17) is 4.74 Å². The molecule has 1 amide bonds. The first kappa shape index (κ1) is 25.6. The van der Waals surface area contributed by atoms with Crippen LogP contribution in [0.1, 0.15) is 34.7 Å². The third-order valence-corrected chi connectivity index (χ3v) is 6.07. The van der Waals surface area contributed by atoms with Gasteiger partial charge in [-0.25, -0.2) is 0 Å². The molecule has 0 saturated carbocycles.